The average molecular weight is 351 g/mol. The van der Waals surface area contributed by atoms with E-state index in [1.807, 2.05) is 0 Å². The van der Waals surface area contributed by atoms with E-state index in [1.165, 1.54) is 18.2 Å². The molecule has 0 fully saturated rings. The van der Waals surface area contributed by atoms with Crippen LogP contribution in [-0.2, 0) is 0 Å². The summed E-state index contributed by atoms with van der Waals surface area (Å²) in [5.41, 5.74) is 1.16. The maximum atomic E-state index is 13.7. The van der Waals surface area contributed by atoms with Gasteiger partial charge in [-0.25, -0.2) is 9.18 Å². The summed E-state index contributed by atoms with van der Waals surface area (Å²) in [6.45, 7) is 0. The first kappa shape index (κ1) is 13.6. The second-order valence-electron chi connectivity index (χ2n) is 4.28. The fraction of sp³-hybridized carbons (Fsp3) is 0. The molecule has 0 atom stereocenters. The minimum Gasteiger partial charge on any atom is -0.408 e. The number of hydrogen-bond acceptors (Lipinski definition) is 3. The standard InChI is InChI=1S/C14H8BrFN2O3/c15-8-2-1-3-9(16)12(8)13(19)17-7-4-5-11-10(6-7)18-14(20)21-11/h1-6H,(H,17,19)(H,18,20). The predicted molar refractivity (Wildman–Crippen MR) is 78.9 cm³/mol. The van der Waals surface area contributed by atoms with Crippen molar-refractivity contribution < 1.29 is 13.6 Å². The van der Waals surface area contributed by atoms with Gasteiger partial charge in [0.05, 0.1) is 11.1 Å². The molecule has 0 aliphatic heterocycles. The van der Waals surface area contributed by atoms with E-state index in [2.05, 4.69) is 26.2 Å². The summed E-state index contributed by atoms with van der Waals surface area (Å²) >= 11 is 3.14. The van der Waals surface area contributed by atoms with Gasteiger partial charge in [0, 0.05) is 10.2 Å². The fourth-order valence-corrected chi connectivity index (χ4v) is 2.46. The van der Waals surface area contributed by atoms with E-state index in [-0.39, 0.29) is 5.56 Å². The molecule has 0 bridgehead atoms. The zero-order chi connectivity index (χ0) is 15.0. The van der Waals surface area contributed by atoms with Crippen LogP contribution in [-0.4, -0.2) is 10.9 Å². The van der Waals surface area contributed by atoms with Crippen LogP contribution in [0.1, 0.15) is 10.4 Å². The number of H-pyrrole nitrogens is 1. The van der Waals surface area contributed by atoms with Crippen molar-refractivity contribution in [1.82, 2.24) is 4.98 Å². The number of hydrogen-bond donors (Lipinski definition) is 2. The van der Waals surface area contributed by atoms with Crippen molar-refractivity contribution in [1.29, 1.82) is 0 Å². The van der Waals surface area contributed by atoms with E-state index >= 15 is 0 Å². The van der Waals surface area contributed by atoms with Crippen molar-refractivity contribution >= 4 is 38.6 Å². The highest BCUT2D eigenvalue weighted by molar-refractivity contribution is 9.10. The number of aromatic nitrogens is 1. The maximum Gasteiger partial charge on any atom is 0.417 e. The van der Waals surface area contributed by atoms with Crippen LogP contribution in [0.3, 0.4) is 0 Å². The lowest BCUT2D eigenvalue weighted by molar-refractivity contribution is 0.102. The van der Waals surface area contributed by atoms with Crippen LogP contribution in [0, 0.1) is 5.82 Å². The van der Waals surface area contributed by atoms with Crippen LogP contribution in [0.2, 0.25) is 0 Å². The van der Waals surface area contributed by atoms with E-state index < -0.39 is 17.5 Å². The lowest BCUT2D eigenvalue weighted by Crippen LogP contribution is -2.14. The van der Waals surface area contributed by atoms with E-state index in [9.17, 15) is 14.0 Å². The van der Waals surface area contributed by atoms with E-state index in [0.29, 0.717) is 21.3 Å². The normalized spacial score (nSPS) is 10.8. The van der Waals surface area contributed by atoms with Gasteiger partial charge in [0.2, 0.25) is 0 Å². The topological polar surface area (TPSA) is 75.1 Å². The van der Waals surface area contributed by atoms with Gasteiger partial charge >= 0.3 is 5.76 Å². The lowest BCUT2D eigenvalue weighted by atomic mass is 10.2. The van der Waals surface area contributed by atoms with Gasteiger partial charge in [-0.2, -0.15) is 0 Å². The quantitative estimate of drug-likeness (QED) is 0.744. The number of halogens is 2. The van der Waals surface area contributed by atoms with E-state index in [1.54, 1.807) is 18.2 Å². The monoisotopic (exact) mass is 350 g/mol. The Bertz CT molecular complexity index is 880. The largest absolute Gasteiger partial charge is 0.417 e. The number of oxazole rings is 1. The number of amides is 1. The third-order valence-corrected chi connectivity index (χ3v) is 3.53. The maximum absolute atomic E-state index is 13.7. The number of aromatic amines is 1. The molecule has 0 saturated heterocycles. The third-order valence-electron chi connectivity index (χ3n) is 2.87. The molecule has 0 aliphatic carbocycles. The minimum absolute atomic E-state index is 0.0849. The Morgan fingerprint density at radius 1 is 1.29 bits per heavy atom. The lowest BCUT2D eigenvalue weighted by Gasteiger charge is -2.07. The van der Waals surface area contributed by atoms with Crippen molar-refractivity contribution in [3.05, 3.63) is 62.8 Å². The van der Waals surface area contributed by atoms with Gasteiger partial charge < -0.3 is 9.73 Å². The Morgan fingerprint density at radius 3 is 2.86 bits per heavy atom. The Morgan fingerprint density at radius 2 is 2.10 bits per heavy atom. The molecule has 21 heavy (non-hydrogen) atoms. The summed E-state index contributed by atoms with van der Waals surface area (Å²) in [5.74, 6) is -1.80. The van der Waals surface area contributed by atoms with Crippen molar-refractivity contribution in [2.45, 2.75) is 0 Å². The molecule has 1 amide bonds. The molecule has 1 aromatic heterocycles. The molecule has 0 unspecified atom stereocenters. The molecule has 106 valence electrons. The smallest absolute Gasteiger partial charge is 0.408 e. The molecule has 0 aliphatic rings. The molecule has 7 heteroatoms. The molecule has 0 saturated carbocycles. The van der Waals surface area contributed by atoms with Crippen molar-refractivity contribution in [2.75, 3.05) is 5.32 Å². The van der Waals surface area contributed by atoms with Gasteiger partial charge in [0.25, 0.3) is 5.91 Å². The van der Waals surface area contributed by atoms with Crippen LogP contribution >= 0.6 is 15.9 Å². The number of nitrogens with one attached hydrogen (secondary N) is 2. The molecule has 3 aromatic rings. The van der Waals surface area contributed by atoms with Crippen molar-refractivity contribution in [2.24, 2.45) is 0 Å². The molecule has 3 rings (SSSR count). The van der Waals surface area contributed by atoms with Gasteiger partial charge in [-0.15, -0.1) is 0 Å². The third kappa shape index (κ3) is 2.59. The Balaban J connectivity index is 1.94. The number of carbonyl (C=O) groups is 1. The number of rotatable bonds is 2. The Hall–Kier alpha value is -2.41. The van der Waals surface area contributed by atoms with Gasteiger partial charge in [0.15, 0.2) is 5.58 Å². The SMILES string of the molecule is O=C(Nc1ccc2oc(=O)[nH]c2c1)c1c(F)cccc1Br. The van der Waals surface area contributed by atoms with Crippen molar-refractivity contribution in [3.8, 4) is 0 Å². The van der Waals surface area contributed by atoms with Gasteiger partial charge in [0.1, 0.15) is 5.82 Å². The number of anilines is 1. The van der Waals surface area contributed by atoms with Crippen LogP contribution in [0.15, 0.2) is 50.1 Å². The minimum atomic E-state index is -0.625. The Labute approximate surface area is 125 Å². The van der Waals surface area contributed by atoms with Gasteiger partial charge in [-0.05, 0) is 46.3 Å². The zero-order valence-corrected chi connectivity index (χ0v) is 12.0. The number of carbonyl (C=O) groups excluding carboxylic acids is 1. The molecule has 5 nitrogen and oxygen atoms in total. The zero-order valence-electron chi connectivity index (χ0n) is 10.4. The molecule has 0 spiro atoms. The summed E-state index contributed by atoms with van der Waals surface area (Å²) in [7, 11) is 0. The Kier molecular flexibility index (Phi) is 3.34. The highest BCUT2D eigenvalue weighted by Crippen LogP contribution is 2.22. The van der Waals surface area contributed by atoms with E-state index in [4.69, 9.17) is 4.42 Å². The van der Waals surface area contributed by atoms with Crippen LogP contribution in [0.5, 0.6) is 0 Å². The number of fused-ring (bicyclic) bond motifs is 1. The summed E-state index contributed by atoms with van der Waals surface area (Å²) in [6, 6.07) is 8.92. The van der Waals surface area contributed by atoms with Gasteiger partial charge in [-0.1, -0.05) is 6.07 Å². The highest BCUT2D eigenvalue weighted by atomic mass is 79.9. The van der Waals surface area contributed by atoms with Crippen LogP contribution < -0.4 is 11.1 Å². The molecule has 1 heterocycles. The molecule has 2 aromatic carbocycles. The highest BCUT2D eigenvalue weighted by Gasteiger charge is 2.15. The van der Waals surface area contributed by atoms with Crippen LogP contribution in [0.25, 0.3) is 11.1 Å². The predicted octanol–water partition coefficient (Wildman–Crippen LogP) is 3.28. The molecule has 0 radical (unpaired) electrons. The first-order valence-electron chi connectivity index (χ1n) is 5.93. The summed E-state index contributed by atoms with van der Waals surface area (Å²) in [6.07, 6.45) is 0. The molecule has 2 N–H and O–H groups in total. The molecular weight excluding hydrogens is 343 g/mol. The number of benzene rings is 2. The van der Waals surface area contributed by atoms with Gasteiger partial charge in [-0.3, -0.25) is 9.78 Å². The summed E-state index contributed by atoms with van der Waals surface area (Å²) < 4.78 is 18.9. The second-order valence-corrected chi connectivity index (χ2v) is 5.13. The summed E-state index contributed by atoms with van der Waals surface area (Å²) in [4.78, 5) is 25.7. The summed E-state index contributed by atoms with van der Waals surface area (Å²) in [5, 5.41) is 2.57. The first-order valence-corrected chi connectivity index (χ1v) is 6.72. The second kappa shape index (κ2) is 5.17. The molecular formula is C14H8BrFN2O3. The average Bonchev–Trinajstić information content (AvgIpc) is 2.77. The van der Waals surface area contributed by atoms with Crippen LogP contribution in [0.4, 0.5) is 10.1 Å². The van der Waals surface area contributed by atoms with E-state index in [0.717, 1.165) is 0 Å². The fourth-order valence-electron chi connectivity index (χ4n) is 1.94. The first-order chi connectivity index (χ1) is 10.0. The van der Waals surface area contributed by atoms with Crippen molar-refractivity contribution in [3.63, 3.8) is 0 Å².